The highest BCUT2D eigenvalue weighted by molar-refractivity contribution is 5.52. The number of nitrogens with zero attached hydrogens (tertiary/aromatic N) is 4. The van der Waals surface area contributed by atoms with Crippen LogP contribution in [0.25, 0.3) is 0 Å². The van der Waals surface area contributed by atoms with Crippen LogP contribution in [0, 0.1) is 13.8 Å². The van der Waals surface area contributed by atoms with Gasteiger partial charge in [-0.1, -0.05) is 50.1 Å². The van der Waals surface area contributed by atoms with E-state index < -0.39 is 6.10 Å². The lowest BCUT2D eigenvalue weighted by Crippen LogP contribution is -2.49. The molecule has 1 aromatic carbocycles. The maximum Gasteiger partial charge on any atom is 0.136 e. The fourth-order valence-electron chi connectivity index (χ4n) is 4.24. The van der Waals surface area contributed by atoms with Gasteiger partial charge in [0.2, 0.25) is 0 Å². The monoisotopic (exact) mass is 440 g/mol. The zero-order chi connectivity index (χ0) is 22.9. The van der Waals surface area contributed by atoms with E-state index in [0.717, 1.165) is 75.8 Å². The van der Waals surface area contributed by atoms with Crippen molar-refractivity contribution in [1.29, 1.82) is 0 Å². The first-order chi connectivity index (χ1) is 15.5. The van der Waals surface area contributed by atoms with Crippen molar-refractivity contribution in [3.05, 3.63) is 52.5 Å². The summed E-state index contributed by atoms with van der Waals surface area (Å²) in [6.45, 7) is 13.9. The van der Waals surface area contributed by atoms with E-state index in [2.05, 4.69) is 54.8 Å². The third-order valence-corrected chi connectivity index (χ3v) is 6.11. The number of anilines is 1. The minimum Gasteiger partial charge on any atom is -0.389 e. The van der Waals surface area contributed by atoms with Crippen molar-refractivity contribution in [2.75, 3.05) is 50.8 Å². The molecule has 1 N–H and O–H groups in total. The van der Waals surface area contributed by atoms with E-state index in [9.17, 15) is 5.11 Å². The second-order valence-corrected chi connectivity index (χ2v) is 8.91. The molecule has 6 nitrogen and oxygen atoms in total. The average Bonchev–Trinajstić information content (AvgIpc) is 2.79. The Morgan fingerprint density at radius 1 is 1.03 bits per heavy atom. The van der Waals surface area contributed by atoms with Crippen LogP contribution in [0.1, 0.15) is 54.9 Å². The molecule has 2 aromatic rings. The Morgan fingerprint density at radius 3 is 2.41 bits per heavy atom. The molecule has 1 fully saturated rings. The summed E-state index contributed by atoms with van der Waals surface area (Å²) in [6, 6.07) is 8.76. The SMILES string of the molecule is CCCCOCC(O)CN1CCN(c2nc(C)nc(CC)c2Cc2ccc(C)cc2)CC1. The highest BCUT2D eigenvalue weighted by Gasteiger charge is 2.24. The largest absolute Gasteiger partial charge is 0.389 e. The molecule has 1 aliphatic heterocycles. The summed E-state index contributed by atoms with van der Waals surface area (Å²) in [5, 5.41) is 10.3. The van der Waals surface area contributed by atoms with Gasteiger partial charge in [0.1, 0.15) is 11.6 Å². The summed E-state index contributed by atoms with van der Waals surface area (Å²) in [4.78, 5) is 14.4. The lowest BCUT2D eigenvalue weighted by Gasteiger charge is -2.37. The molecule has 1 atom stereocenters. The zero-order valence-electron chi connectivity index (χ0n) is 20.3. The second kappa shape index (κ2) is 12.3. The Balaban J connectivity index is 1.65. The van der Waals surface area contributed by atoms with Crippen molar-refractivity contribution in [2.45, 2.75) is 59.5 Å². The highest BCUT2D eigenvalue weighted by Crippen LogP contribution is 2.26. The van der Waals surface area contributed by atoms with E-state index in [1.54, 1.807) is 0 Å². The molecule has 3 rings (SSSR count). The van der Waals surface area contributed by atoms with Crippen molar-refractivity contribution in [2.24, 2.45) is 0 Å². The van der Waals surface area contributed by atoms with Crippen molar-refractivity contribution >= 4 is 5.82 Å². The standard InChI is InChI=1S/C26H40N4O2/c1-5-7-16-32-19-23(31)18-29-12-14-30(15-13-29)26-24(25(6-2)27-21(4)28-26)17-22-10-8-20(3)9-11-22/h8-11,23,31H,5-7,12-19H2,1-4H3. The molecule has 0 amide bonds. The number of benzene rings is 1. The maximum atomic E-state index is 10.3. The summed E-state index contributed by atoms with van der Waals surface area (Å²) >= 11 is 0. The third kappa shape index (κ3) is 6.99. The van der Waals surface area contributed by atoms with Gasteiger partial charge >= 0.3 is 0 Å². The predicted octanol–water partition coefficient (Wildman–Crippen LogP) is 3.55. The van der Waals surface area contributed by atoms with E-state index in [0.29, 0.717) is 13.2 Å². The minimum absolute atomic E-state index is 0.422. The van der Waals surface area contributed by atoms with E-state index in [1.165, 1.54) is 16.7 Å². The maximum absolute atomic E-state index is 10.3. The van der Waals surface area contributed by atoms with Gasteiger partial charge in [0.25, 0.3) is 0 Å². The molecule has 1 aromatic heterocycles. The van der Waals surface area contributed by atoms with Crippen LogP contribution >= 0.6 is 0 Å². The molecule has 0 bridgehead atoms. The summed E-state index contributed by atoms with van der Waals surface area (Å²) in [5.41, 5.74) is 4.97. The summed E-state index contributed by atoms with van der Waals surface area (Å²) in [7, 11) is 0. The van der Waals surface area contributed by atoms with Crippen LogP contribution in [0.4, 0.5) is 5.82 Å². The van der Waals surface area contributed by atoms with Gasteiger partial charge in [0.15, 0.2) is 0 Å². The molecule has 6 heteroatoms. The second-order valence-electron chi connectivity index (χ2n) is 8.91. The number of aryl methyl sites for hydroxylation is 3. The lowest BCUT2D eigenvalue weighted by molar-refractivity contribution is 0.0150. The molecular weight excluding hydrogens is 400 g/mol. The van der Waals surface area contributed by atoms with Crippen LogP contribution in [0.3, 0.4) is 0 Å². The van der Waals surface area contributed by atoms with E-state index >= 15 is 0 Å². The van der Waals surface area contributed by atoms with Crippen molar-refractivity contribution in [1.82, 2.24) is 14.9 Å². The fraction of sp³-hybridized carbons (Fsp3) is 0.615. The molecule has 0 radical (unpaired) electrons. The number of aromatic nitrogens is 2. The minimum atomic E-state index is -0.427. The van der Waals surface area contributed by atoms with Gasteiger partial charge in [-0.25, -0.2) is 9.97 Å². The Morgan fingerprint density at radius 2 is 1.75 bits per heavy atom. The first kappa shape index (κ1) is 24.6. The average molecular weight is 441 g/mol. The van der Waals surface area contributed by atoms with Crippen LogP contribution in [-0.2, 0) is 17.6 Å². The van der Waals surface area contributed by atoms with Gasteiger partial charge in [0.05, 0.1) is 12.7 Å². The van der Waals surface area contributed by atoms with Gasteiger partial charge in [-0.3, -0.25) is 4.90 Å². The van der Waals surface area contributed by atoms with Crippen LogP contribution in [0.15, 0.2) is 24.3 Å². The molecule has 1 saturated heterocycles. The van der Waals surface area contributed by atoms with Gasteiger partial charge in [-0.15, -0.1) is 0 Å². The quantitative estimate of drug-likeness (QED) is 0.539. The van der Waals surface area contributed by atoms with E-state index in [1.807, 2.05) is 6.92 Å². The molecule has 2 heterocycles. The Kier molecular flexibility index (Phi) is 9.45. The van der Waals surface area contributed by atoms with E-state index in [4.69, 9.17) is 14.7 Å². The van der Waals surface area contributed by atoms with Crippen LogP contribution in [0.2, 0.25) is 0 Å². The lowest BCUT2D eigenvalue weighted by atomic mass is 10.0. The number of rotatable bonds is 11. The smallest absolute Gasteiger partial charge is 0.136 e. The highest BCUT2D eigenvalue weighted by atomic mass is 16.5. The molecule has 0 spiro atoms. The molecule has 32 heavy (non-hydrogen) atoms. The van der Waals surface area contributed by atoms with Gasteiger partial charge in [-0.2, -0.15) is 0 Å². The van der Waals surface area contributed by atoms with Gasteiger partial charge in [-0.05, 0) is 32.3 Å². The summed E-state index contributed by atoms with van der Waals surface area (Å²) in [6.07, 6.45) is 3.50. The van der Waals surface area contributed by atoms with Gasteiger partial charge < -0.3 is 14.7 Å². The Hall–Kier alpha value is -2.02. The first-order valence-corrected chi connectivity index (χ1v) is 12.1. The number of aliphatic hydroxyl groups excluding tert-OH is 1. The summed E-state index contributed by atoms with van der Waals surface area (Å²) < 4.78 is 5.58. The number of ether oxygens (including phenoxy) is 1. The molecule has 176 valence electrons. The number of hydrogen-bond acceptors (Lipinski definition) is 6. The third-order valence-electron chi connectivity index (χ3n) is 6.11. The van der Waals surface area contributed by atoms with Crippen molar-refractivity contribution in [3.63, 3.8) is 0 Å². The number of piperazine rings is 1. The Bertz CT molecular complexity index is 832. The molecule has 1 aliphatic rings. The van der Waals surface area contributed by atoms with E-state index in [-0.39, 0.29) is 0 Å². The number of β-amino-alcohol motifs (C(OH)–C–C–N with tert-alkyl or cyclic N) is 1. The molecule has 1 unspecified atom stereocenters. The topological polar surface area (TPSA) is 61.7 Å². The summed E-state index contributed by atoms with van der Waals surface area (Å²) in [5.74, 6) is 1.92. The van der Waals surface area contributed by atoms with Crippen molar-refractivity contribution < 1.29 is 9.84 Å². The van der Waals surface area contributed by atoms with Crippen LogP contribution in [-0.4, -0.2) is 72.0 Å². The molecular formula is C26H40N4O2. The number of aliphatic hydroxyl groups is 1. The predicted molar refractivity (Wildman–Crippen MR) is 131 cm³/mol. The number of hydrogen-bond donors (Lipinski definition) is 1. The van der Waals surface area contributed by atoms with Gasteiger partial charge in [0, 0.05) is 57.0 Å². The Labute approximate surface area is 193 Å². The molecule has 0 aliphatic carbocycles. The van der Waals surface area contributed by atoms with Crippen LogP contribution in [0.5, 0.6) is 0 Å². The van der Waals surface area contributed by atoms with Crippen molar-refractivity contribution in [3.8, 4) is 0 Å². The fourth-order valence-corrected chi connectivity index (χ4v) is 4.24. The zero-order valence-corrected chi connectivity index (χ0v) is 20.3. The number of unbranched alkanes of at least 4 members (excludes halogenated alkanes) is 1. The molecule has 0 saturated carbocycles. The first-order valence-electron chi connectivity index (χ1n) is 12.1. The normalized spacial score (nSPS) is 15.8. The van der Waals surface area contributed by atoms with Crippen LogP contribution < -0.4 is 4.90 Å².